The van der Waals surface area contributed by atoms with Gasteiger partial charge in [-0.2, -0.15) is 0 Å². The maximum atomic E-state index is 10.9. The first-order chi connectivity index (χ1) is 12.6. The molecule has 0 radical (unpaired) electrons. The minimum Gasteiger partial charge on any atom is -0.456 e. The SMILES string of the molecule is NC(=O)N(O)CC1CC1c1cccc(Oc2cnc3ccccc3c2)c1. The van der Waals surface area contributed by atoms with Crippen molar-refractivity contribution >= 4 is 16.9 Å². The zero-order chi connectivity index (χ0) is 18.1. The van der Waals surface area contributed by atoms with E-state index in [9.17, 15) is 10.0 Å². The quantitative estimate of drug-likeness (QED) is 0.540. The summed E-state index contributed by atoms with van der Waals surface area (Å²) in [6.45, 7) is 0.250. The van der Waals surface area contributed by atoms with Crippen LogP contribution in [0.15, 0.2) is 60.8 Å². The van der Waals surface area contributed by atoms with Crippen LogP contribution < -0.4 is 10.5 Å². The van der Waals surface area contributed by atoms with Crippen molar-refractivity contribution in [3.8, 4) is 11.5 Å². The molecular formula is C20H19N3O3. The third kappa shape index (κ3) is 3.45. The molecule has 2 aromatic carbocycles. The Morgan fingerprint density at radius 3 is 2.88 bits per heavy atom. The van der Waals surface area contributed by atoms with E-state index in [1.165, 1.54) is 0 Å². The van der Waals surface area contributed by atoms with Crippen LogP contribution in [0, 0.1) is 5.92 Å². The van der Waals surface area contributed by atoms with Crippen molar-refractivity contribution in [1.82, 2.24) is 10.0 Å². The summed E-state index contributed by atoms with van der Waals surface area (Å²) in [5.74, 6) is 1.93. The Labute approximate surface area is 150 Å². The molecule has 1 aliphatic carbocycles. The minimum atomic E-state index is -0.823. The van der Waals surface area contributed by atoms with E-state index >= 15 is 0 Å². The minimum absolute atomic E-state index is 0.213. The summed E-state index contributed by atoms with van der Waals surface area (Å²) in [5.41, 5.74) is 7.11. The number of nitrogens with zero attached hydrogens (tertiary/aromatic N) is 2. The number of carbonyl (C=O) groups is 1. The van der Waals surface area contributed by atoms with Gasteiger partial charge < -0.3 is 10.5 Å². The monoisotopic (exact) mass is 349 g/mol. The summed E-state index contributed by atoms with van der Waals surface area (Å²) in [7, 11) is 0. The van der Waals surface area contributed by atoms with Gasteiger partial charge in [0.05, 0.1) is 18.3 Å². The first-order valence-electron chi connectivity index (χ1n) is 8.48. The van der Waals surface area contributed by atoms with Crippen molar-refractivity contribution in [3.05, 3.63) is 66.4 Å². The van der Waals surface area contributed by atoms with Crippen LogP contribution in [-0.2, 0) is 0 Å². The second kappa shape index (κ2) is 6.65. The van der Waals surface area contributed by atoms with E-state index in [1.807, 2.05) is 54.6 Å². The van der Waals surface area contributed by atoms with Crippen LogP contribution in [0.3, 0.4) is 0 Å². The Morgan fingerprint density at radius 1 is 1.19 bits per heavy atom. The van der Waals surface area contributed by atoms with Crippen LogP contribution in [0.5, 0.6) is 11.5 Å². The zero-order valence-electron chi connectivity index (χ0n) is 14.1. The molecule has 1 aliphatic rings. The number of hydrogen-bond donors (Lipinski definition) is 2. The summed E-state index contributed by atoms with van der Waals surface area (Å²) in [4.78, 5) is 15.3. The molecule has 132 valence electrons. The molecule has 1 saturated carbocycles. The van der Waals surface area contributed by atoms with E-state index in [0.29, 0.717) is 16.7 Å². The number of hydrogen-bond acceptors (Lipinski definition) is 4. The van der Waals surface area contributed by atoms with Gasteiger partial charge >= 0.3 is 6.03 Å². The summed E-state index contributed by atoms with van der Waals surface area (Å²) in [5, 5.41) is 11.1. The molecule has 6 nitrogen and oxygen atoms in total. The summed E-state index contributed by atoms with van der Waals surface area (Å²) in [6, 6.07) is 16.9. The molecule has 2 amide bonds. The fourth-order valence-corrected chi connectivity index (χ4v) is 3.22. The normalized spacial score (nSPS) is 18.5. The van der Waals surface area contributed by atoms with E-state index in [0.717, 1.165) is 28.6 Å². The number of pyridine rings is 1. The predicted octanol–water partition coefficient (Wildman–Crippen LogP) is 3.90. The van der Waals surface area contributed by atoms with Gasteiger partial charge in [-0.25, -0.2) is 9.86 Å². The Kier molecular flexibility index (Phi) is 4.18. The van der Waals surface area contributed by atoms with Crippen LogP contribution in [0.1, 0.15) is 17.9 Å². The van der Waals surface area contributed by atoms with Crippen LogP contribution in [0.2, 0.25) is 0 Å². The fourth-order valence-electron chi connectivity index (χ4n) is 3.22. The van der Waals surface area contributed by atoms with Crippen molar-refractivity contribution in [2.24, 2.45) is 11.7 Å². The molecule has 4 rings (SSSR count). The Bertz CT molecular complexity index is 960. The van der Waals surface area contributed by atoms with Crippen molar-refractivity contribution < 1.29 is 14.7 Å². The molecule has 0 saturated heterocycles. The molecule has 0 bridgehead atoms. The van der Waals surface area contributed by atoms with Crippen molar-refractivity contribution in [2.45, 2.75) is 12.3 Å². The van der Waals surface area contributed by atoms with Crippen LogP contribution in [-0.4, -0.2) is 27.8 Å². The molecule has 0 spiro atoms. The van der Waals surface area contributed by atoms with Gasteiger partial charge in [0.2, 0.25) is 0 Å². The number of benzene rings is 2. The molecule has 3 aromatic rings. The summed E-state index contributed by atoms with van der Waals surface area (Å²) >= 11 is 0. The smallest absolute Gasteiger partial charge is 0.338 e. The number of para-hydroxylation sites is 1. The average molecular weight is 349 g/mol. The largest absolute Gasteiger partial charge is 0.456 e. The molecule has 1 fully saturated rings. The number of nitrogens with two attached hydrogens (primary N) is 1. The van der Waals surface area contributed by atoms with Gasteiger partial charge in [0.25, 0.3) is 0 Å². The standard InChI is InChI=1S/C20H19N3O3/c21-20(24)23(25)12-15-10-18(15)13-5-3-6-16(8-13)26-17-9-14-4-1-2-7-19(14)22-11-17/h1-9,11,15,18,25H,10,12H2,(H2,21,24). The van der Waals surface area contributed by atoms with Crippen LogP contribution >= 0.6 is 0 Å². The molecular weight excluding hydrogens is 330 g/mol. The number of hydroxylamine groups is 2. The van der Waals surface area contributed by atoms with Crippen molar-refractivity contribution in [2.75, 3.05) is 6.54 Å². The predicted molar refractivity (Wildman–Crippen MR) is 97.2 cm³/mol. The number of rotatable bonds is 5. The molecule has 26 heavy (non-hydrogen) atoms. The number of carbonyl (C=O) groups excluding carboxylic acids is 1. The van der Waals surface area contributed by atoms with Crippen molar-refractivity contribution in [3.63, 3.8) is 0 Å². The topological polar surface area (TPSA) is 88.7 Å². The van der Waals surface area contributed by atoms with Gasteiger partial charge in [0.15, 0.2) is 0 Å². The highest BCUT2D eigenvalue weighted by atomic mass is 16.5. The molecule has 0 aliphatic heterocycles. The average Bonchev–Trinajstić information content (AvgIpc) is 3.41. The lowest BCUT2D eigenvalue weighted by molar-refractivity contribution is -0.0431. The van der Waals surface area contributed by atoms with E-state index in [2.05, 4.69) is 4.98 Å². The number of primary amides is 1. The first-order valence-corrected chi connectivity index (χ1v) is 8.48. The van der Waals surface area contributed by atoms with E-state index in [1.54, 1.807) is 6.20 Å². The zero-order valence-corrected chi connectivity index (χ0v) is 14.1. The van der Waals surface area contributed by atoms with Crippen LogP contribution in [0.4, 0.5) is 4.79 Å². The highest BCUT2D eigenvalue weighted by Crippen LogP contribution is 2.48. The van der Waals surface area contributed by atoms with Crippen LogP contribution in [0.25, 0.3) is 10.9 Å². The summed E-state index contributed by atoms with van der Waals surface area (Å²) in [6.07, 6.45) is 2.62. The second-order valence-electron chi connectivity index (χ2n) is 6.56. The number of fused-ring (bicyclic) bond motifs is 1. The van der Waals surface area contributed by atoms with Gasteiger partial charge in [-0.1, -0.05) is 30.3 Å². The van der Waals surface area contributed by atoms with Crippen molar-refractivity contribution in [1.29, 1.82) is 0 Å². The maximum Gasteiger partial charge on any atom is 0.338 e. The number of urea groups is 1. The Hall–Kier alpha value is -3.12. The van der Waals surface area contributed by atoms with Gasteiger partial charge in [-0.3, -0.25) is 10.2 Å². The molecule has 1 aromatic heterocycles. The van der Waals surface area contributed by atoms with Gasteiger partial charge in [-0.05, 0) is 48.1 Å². The molecule has 2 unspecified atom stereocenters. The first kappa shape index (κ1) is 16.4. The van der Waals surface area contributed by atoms with Gasteiger partial charge in [0, 0.05) is 5.39 Å². The Morgan fingerprint density at radius 2 is 2.04 bits per heavy atom. The second-order valence-corrected chi connectivity index (χ2v) is 6.56. The maximum absolute atomic E-state index is 10.9. The third-order valence-corrected chi connectivity index (χ3v) is 4.67. The highest BCUT2D eigenvalue weighted by molar-refractivity contribution is 5.79. The number of amides is 2. The van der Waals surface area contributed by atoms with Gasteiger partial charge in [-0.15, -0.1) is 0 Å². The molecule has 6 heteroatoms. The lowest BCUT2D eigenvalue weighted by atomic mass is 10.1. The fraction of sp³-hybridized carbons (Fsp3) is 0.200. The lowest BCUT2D eigenvalue weighted by Gasteiger charge is -2.11. The van der Waals surface area contributed by atoms with E-state index < -0.39 is 6.03 Å². The van der Waals surface area contributed by atoms with E-state index in [4.69, 9.17) is 10.5 Å². The molecule has 2 atom stereocenters. The molecule has 1 heterocycles. The third-order valence-electron chi connectivity index (χ3n) is 4.67. The Balaban J connectivity index is 1.47. The number of ether oxygens (including phenoxy) is 1. The summed E-state index contributed by atoms with van der Waals surface area (Å²) < 4.78 is 5.96. The molecule has 3 N–H and O–H groups in total. The van der Waals surface area contributed by atoms with Gasteiger partial charge in [0.1, 0.15) is 11.5 Å². The lowest BCUT2D eigenvalue weighted by Crippen LogP contribution is -2.34. The van der Waals surface area contributed by atoms with E-state index in [-0.39, 0.29) is 12.5 Å². The highest BCUT2D eigenvalue weighted by Gasteiger charge is 2.40. The number of aromatic nitrogens is 1.